The molecule has 0 aromatic rings. The van der Waals surface area contributed by atoms with Crippen LogP contribution in [0.4, 0.5) is 4.79 Å². The Bertz CT molecular complexity index is 404. The first kappa shape index (κ1) is 23.6. The van der Waals surface area contributed by atoms with E-state index in [2.05, 4.69) is 41.0 Å². The highest BCUT2D eigenvalue weighted by Crippen LogP contribution is 2.32. The fourth-order valence-electron chi connectivity index (χ4n) is 2.04. The molecule has 6 nitrogen and oxygen atoms in total. The van der Waals surface area contributed by atoms with Crippen LogP contribution < -0.4 is 16.0 Å². The number of carbonyl (C=O) groups is 1. The van der Waals surface area contributed by atoms with Crippen LogP contribution in [0.5, 0.6) is 0 Å². The SMILES string of the molecule is CCNC(=NCC(C)(C)SC)NCC(NC(=O)OCC)C1CC1.I. The van der Waals surface area contributed by atoms with E-state index in [9.17, 15) is 4.79 Å². The molecule has 0 spiro atoms. The third-order valence-corrected chi connectivity index (χ3v) is 5.01. The van der Waals surface area contributed by atoms with Gasteiger partial charge >= 0.3 is 6.09 Å². The number of hydrogen-bond acceptors (Lipinski definition) is 4. The van der Waals surface area contributed by atoms with Gasteiger partial charge in [0.2, 0.25) is 0 Å². The summed E-state index contributed by atoms with van der Waals surface area (Å²) in [6.45, 7) is 10.8. The molecule has 142 valence electrons. The summed E-state index contributed by atoms with van der Waals surface area (Å²) in [6.07, 6.45) is 4.08. The number of alkyl carbamates (subject to hydrolysis) is 1. The summed E-state index contributed by atoms with van der Waals surface area (Å²) in [5.74, 6) is 1.34. The van der Waals surface area contributed by atoms with E-state index >= 15 is 0 Å². The molecule has 1 saturated carbocycles. The van der Waals surface area contributed by atoms with Crippen LogP contribution in [0.2, 0.25) is 0 Å². The average molecular weight is 472 g/mol. The molecule has 1 fully saturated rings. The minimum absolute atomic E-state index is 0. The van der Waals surface area contributed by atoms with Crippen LogP contribution in [-0.4, -0.2) is 55.3 Å². The Hall–Kier alpha value is -0.380. The van der Waals surface area contributed by atoms with Crippen LogP contribution in [0, 0.1) is 5.92 Å². The van der Waals surface area contributed by atoms with E-state index in [0.717, 1.165) is 31.9 Å². The second-order valence-electron chi connectivity index (χ2n) is 6.35. The Labute approximate surface area is 167 Å². The normalized spacial score (nSPS) is 16.0. The Morgan fingerprint density at radius 3 is 2.50 bits per heavy atom. The summed E-state index contributed by atoms with van der Waals surface area (Å²) < 4.78 is 5.10. The summed E-state index contributed by atoms with van der Waals surface area (Å²) in [5, 5.41) is 9.55. The van der Waals surface area contributed by atoms with Crippen LogP contribution in [-0.2, 0) is 4.74 Å². The molecule has 0 radical (unpaired) electrons. The van der Waals surface area contributed by atoms with E-state index in [1.807, 2.05) is 13.8 Å². The standard InChI is InChI=1S/C16H32N4O2S.HI/c1-6-17-14(19-11-16(3,4)23-5)18-10-13(12-8-9-12)20-15(21)22-7-2;/h12-13H,6-11H2,1-5H3,(H,20,21)(H2,17,18,19);1H. The number of hydrogen-bond donors (Lipinski definition) is 3. The van der Waals surface area contributed by atoms with Crippen molar-refractivity contribution in [2.24, 2.45) is 10.9 Å². The molecule has 24 heavy (non-hydrogen) atoms. The Kier molecular flexibility index (Phi) is 11.9. The molecule has 3 N–H and O–H groups in total. The van der Waals surface area contributed by atoms with Crippen LogP contribution >= 0.6 is 35.7 Å². The third-order valence-electron chi connectivity index (χ3n) is 3.77. The van der Waals surface area contributed by atoms with Gasteiger partial charge in [0.1, 0.15) is 0 Å². The van der Waals surface area contributed by atoms with Crippen molar-refractivity contribution >= 4 is 47.8 Å². The van der Waals surface area contributed by atoms with Crippen LogP contribution in [0.1, 0.15) is 40.5 Å². The van der Waals surface area contributed by atoms with Gasteiger partial charge in [-0.25, -0.2) is 4.79 Å². The molecule has 0 heterocycles. The zero-order chi connectivity index (χ0) is 17.3. The molecule has 8 heteroatoms. The van der Waals surface area contributed by atoms with Crippen molar-refractivity contribution in [3.05, 3.63) is 0 Å². The Balaban J connectivity index is 0.00000529. The summed E-state index contributed by atoms with van der Waals surface area (Å²) in [5.41, 5.74) is 0. The zero-order valence-corrected chi connectivity index (χ0v) is 18.6. The first-order valence-corrected chi connectivity index (χ1v) is 9.65. The number of amides is 1. The van der Waals surface area contributed by atoms with Crippen molar-refractivity contribution in [2.75, 3.05) is 32.5 Å². The Morgan fingerprint density at radius 1 is 1.33 bits per heavy atom. The summed E-state index contributed by atoms with van der Waals surface area (Å²) in [4.78, 5) is 16.3. The van der Waals surface area contributed by atoms with Crippen molar-refractivity contribution < 1.29 is 9.53 Å². The molecule has 0 aromatic heterocycles. The number of nitrogens with one attached hydrogen (secondary N) is 3. The molecule has 1 aliphatic rings. The third kappa shape index (κ3) is 9.80. The highest BCUT2D eigenvalue weighted by atomic mass is 127. The van der Waals surface area contributed by atoms with Crippen LogP contribution in [0.3, 0.4) is 0 Å². The van der Waals surface area contributed by atoms with Crippen molar-refractivity contribution in [1.82, 2.24) is 16.0 Å². The van der Waals surface area contributed by atoms with Crippen molar-refractivity contribution in [3.8, 4) is 0 Å². The van der Waals surface area contributed by atoms with Gasteiger partial charge in [-0.05, 0) is 52.7 Å². The monoisotopic (exact) mass is 472 g/mol. The second kappa shape index (κ2) is 12.1. The number of thioether (sulfide) groups is 1. The van der Waals surface area contributed by atoms with E-state index in [-0.39, 0.29) is 40.9 Å². The number of nitrogens with zero attached hydrogens (tertiary/aromatic N) is 1. The number of rotatable bonds is 9. The van der Waals surface area contributed by atoms with E-state index in [4.69, 9.17) is 4.74 Å². The van der Waals surface area contributed by atoms with Crippen molar-refractivity contribution in [2.45, 2.75) is 51.3 Å². The van der Waals surface area contributed by atoms with Crippen LogP contribution in [0.25, 0.3) is 0 Å². The van der Waals surface area contributed by atoms with Gasteiger partial charge in [0.15, 0.2) is 5.96 Å². The molecule has 0 aliphatic heterocycles. The maximum atomic E-state index is 11.6. The summed E-state index contributed by atoms with van der Waals surface area (Å²) in [7, 11) is 0. The predicted octanol–water partition coefficient (Wildman–Crippen LogP) is 2.83. The molecule has 0 saturated heterocycles. The molecule has 0 bridgehead atoms. The minimum atomic E-state index is -0.336. The predicted molar refractivity (Wildman–Crippen MR) is 114 cm³/mol. The number of carbonyl (C=O) groups excluding carboxylic acids is 1. The smallest absolute Gasteiger partial charge is 0.407 e. The average Bonchev–Trinajstić information content (AvgIpc) is 3.33. The van der Waals surface area contributed by atoms with Crippen molar-refractivity contribution in [3.63, 3.8) is 0 Å². The maximum Gasteiger partial charge on any atom is 0.407 e. The molecular formula is C16H33IN4O2S. The van der Waals surface area contributed by atoms with E-state index < -0.39 is 0 Å². The quantitative estimate of drug-likeness (QED) is 0.274. The lowest BCUT2D eigenvalue weighted by Gasteiger charge is -2.22. The first-order chi connectivity index (χ1) is 10.9. The topological polar surface area (TPSA) is 74.8 Å². The van der Waals surface area contributed by atoms with Gasteiger partial charge in [-0.2, -0.15) is 11.8 Å². The number of guanidine groups is 1. The van der Waals surface area contributed by atoms with E-state index in [1.165, 1.54) is 0 Å². The van der Waals surface area contributed by atoms with E-state index in [1.54, 1.807) is 11.8 Å². The second-order valence-corrected chi connectivity index (χ2v) is 7.86. The Morgan fingerprint density at radius 2 is 2.00 bits per heavy atom. The van der Waals surface area contributed by atoms with Crippen LogP contribution in [0.15, 0.2) is 4.99 Å². The molecule has 1 unspecified atom stereocenters. The first-order valence-electron chi connectivity index (χ1n) is 8.42. The van der Waals surface area contributed by atoms with Crippen molar-refractivity contribution in [1.29, 1.82) is 0 Å². The summed E-state index contributed by atoms with van der Waals surface area (Å²) >= 11 is 1.80. The fraction of sp³-hybridized carbons (Fsp3) is 0.875. The molecule has 1 rings (SSSR count). The van der Waals surface area contributed by atoms with Gasteiger partial charge in [0.25, 0.3) is 0 Å². The molecular weight excluding hydrogens is 439 g/mol. The fourth-order valence-corrected chi connectivity index (χ4v) is 2.23. The lowest BCUT2D eigenvalue weighted by Crippen LogP contribution is -2.48. The molecule has 1 aliphatic carbocycles. The summed E-state index contributed by atoms with van der Waals surface area (Å²) in [6, 6.07) is 0.0893. The maximum absolute atomic E-state index is 11.6. The lowest BCUT2D eigenvalue weighted by atomic mass is 10.2. The molecule has 0 aromatic carbocycles. The highest BCUT2D eigenvalue weighted by molar-refractivity contribution is 14.0. The largest absolute Gasteiger partial charge is 0.450 e. The number of aliphatic imine (C=N–C) groups is 1. The molecule has 1 amide bonds. The molecule has 1 atom stereocenters. The van der Waals surface area contributed by atoms with Gasteiger partial charge in [0, 0.05) is 17.8 Å². The number of ether oxygens (including phenoxy) is 1. The lowest BCUT2D eigenvalue weighted by molar-refractivity contribution is 0.146. The van der Waals surface area contributed by atoms with Gasteiger partial charge in [-0.15, -0.1) is 24.0 Å². The van der Waals surface area contributed by atoms with E-state index in [0.29, 0.717) is 19.1 Å². The van der Waals surface area contributed by atoms with Gasteiger partial charge in [0.05, 0.1) is 19.2 Å². The highest BCUT2D eigenvalue weighted by Gasteiger charge is 2.32. The number of halogens is 1. The van der Waals surface area contributed by atoms with Gasteiger partial charge < -0.3 is 20.7 Å². The zero-order valence-electron chi connectivity index (χ0n) is 15.5. The van der Waals surface area contributed by atoms with Gasteiger partial charge in [-0.1, -0.05) is 0 Å². The minimum Gasteiger partial charge on any atom is -0.450 e. The van der Waals surface area contributed by atoms with Gasteiger partial charge in [-0.3, -0.25) is 4.99 Å².